The van der Waals surface area contributed by atoms with Gasteiger partial charge < -0.3 is 16.2 Å². The number of aliphatic hydroxyl groups excluding tert-OH is 1. The van der Waals surface area contributed by atoms with Gasteiger partial charge in [-0.15, -0.1) is 12.4 Å². The Morgan fingerprint density at radius 1 is 1.78 bits per heavy atom. The average molecular weight is 153 g/mol. The quantitative estimate of drug-likeness (QED) is 0.385. The molecule has 1 aliphatic rings. The van der Waals surface area contributed by atoms with Crippen LogP contribution < -0.4 is 11.1 Å². The number of hydrogen-bond acceptors (Lipinski definition) is 3. The van der Waals surface area contributed by atoms with E-state index in [-0.39, 0.29) is 18.3 Å². The number of nitrogens with one attached hydrogen (secondary N) is 1. The molecule has 0 unspecified atom stereocenters. The van der Waals surface area contributed by atoms with Gasteiger partial charge in [-0.3, -0.25) is 4.79 Å². The van der Waals surface area contributed by atoms with Gasteiger partial charge in [0.15, 0.2) is 0 Å². The summed E-state index contributed by atoms with van der Waals surface area (Å²) in [5.74, 6) is -0.266. The Labute approximate surface area is 58.8 Å². The van der Waals surface area contributed by atoms with E-state index < -0.39 is 12.1 Å². The molecule has 1 saturated heterocycles. The molecular formula is C4H9ClN2O2. The molecule has 1 fully saturated rings. The van der Waals surface area contributed by atoms with Crippen LogP contribution >= 0.6 is 12.4 Å². The highest BCUT2D eigenvalue weighted by Crippen LogP contribution is 1.95. The van der Waals surface area contributed by atoms with Crippen LogP contribution in [-0.4, -0.2) is 29.7 Å². The van der Waals surface area contributed by atoms with Gasteiger partial charge in [0.2, 0.25) is 5.91 Å². The summed E-state index contributed by atoms with van der Waals surface area (Å²) < 4.78 is 0. The molecule has 54 valence electrons. The number of β-amino-alcohol motifs (C(OH)–C–C–N with tert-alkyl or cyclic N) is 1. The minimum Gasteiger partial charge on any atom is -0.389 e. The second kappa shape index (κ2) is 3.00. The summed E-state index contributed by atoms with van der Waals surface area (Å²) in [6, 6.07) is -0.713. The highest BCUT2D eigenvalue weighted by atomic mass is 35.5. The summed E-state index contributed by atoms with van der Waals surface area (Å²) >= 11 is 0. The molecule has 2 atom stereocenters. The molecule has 0 saturated carbocycles. The first-order valence-electron chi connectivity index (χ1n) is 2.43. The Kier molecular flexibility index (Phi) is 2.90. The maximum absolute atomic E-state index is 10.4. The molecule has 1 aliphatic heterocycles. The van der Waals surface area contributed by atoms with Gasteiger partial charge in [0.1, 0.15) is 6.04 Å². The van der Waals surface area contributed by atoms with Gasteiger partial charge in [-0.25, -0.2) is 0 Å². The smallest absolute Gasteiger partial charge is 0.239 e. The predicted octanol–water partition coefficient (Wildman–Crippen LogP) is -1.77. The lowest BCUT2D eigenvalue weighted by Crippen LogP contribution is -2.36. The molecule has 0 aromatic rings. The fourth-order valence-electron chi connectivity index (χ4n) is 0.625. The molecule has 9 heavy (non-hydrogen) atoms. The maximum atomic E-state index is 10.4. The van der Waals surface area contributed by atoms with Gasteiger partial charge in [0.25, 0.3) is 0 Å². The Balaban J connectivity index is 0.000000640. The zero-order valence-corrected chi connectivity index (χ0v) is 5.52. The molecule has 0 aromatic heterocycles. The van der Waals surface area contributed by atoms with Gasteiger partial charge in [-0.2, -0.15) is 0 Å². The Bertz CT molecular complexity index is 119. The SMILES string of the molecule is Cl.N[C@H]1C(=O)NC[C@@H]1O. The largest absolute Gasteiger partial charge is 0.389 e. The number of carbonyl (C=O) groups excluding carboxylic acids is 1. The summed E-state index contributed by atoms with van der Waals surface area (Å²) in [6.07, 6.45) is -0.692. The summed E-state index contributed by atoms with van der Waals surface area (Å²) in [6.45, 7) is 0.292. The number of hydrogen-bond donors (Lipinski definition) is 3. The second-order valence-corrected chi connectivity index (χ2v) is 1.84. The van der Waals surface area contributed by atoms with Gasteiger partial charge in [0.05, 0.1) is 6.10 Å². The zero-order valence-electron chi connectivity index (χ0n) is 4.70. The van der Waals surface area contributed by atoms with Crippen LogP contribution in [0.3, 0.4) is 0 Å². The molecule has 4 nitrogen and oxygen atoms in total. The molecule has 1 heterocycles. The van der Waals surface area contributed by atoms with Crippen LogP contribution in [0.25, 0.3) is 0 Å². The average Bonchev–Trinajstić information content (AvgIpc) is 1.98. The van der Waals surface area contributed by atoms with E-state index in [4.69, 9.17) is 10.8 Å². The number of halogens is 1. The van der Waals surface area contributed by atoms with E-state index >= 15 is 0 Å². The monoisotopic (exact) mass is 152 g/mol. The third-order valence-electron chi connectivity index (χ3n) is 1.20. The van der Waals surface area contributed by atoms with Gasteiger partial charge in [-0.05, 0) is 0 Å². The molecule has 1 rings (SSSR count). The summed E-state index contributed by atoms with van der Waals surface area (Å²) in [7, 11) is 0. The van der Waals surface area contributed by atoms with Crippen LogP contribution in [-0.2, 0) is 4.79 Å². The van der Waals surface area contributed by atoms with Crippen molar-refractivity contribution < 1.29 is 9.90 Å². The zero-order chi connectivity index (χ0) is 6.15. The molecular weight excluding hydrogens is 144 g/mol. The van der Waals surface area contributed by atoms with Gasteiger partial charge in [-0.1, -0.05) is 0 Å². The van der Waals surface area contributed by atoms with Crippen molar-refractivity contribution in [2.24, 2.45) is 5.73 Å². The van der Waals surface area contributed by atoms with E-state index in [1.54, 1.807) is 0 Å². The van der Waals surface area contributed by atoms with Crippen LogP contribution in [0, 0.1) is 0 Å². The van der Waals surface area contributed by atoms with Crippen molar-refractivity contribution in [3.05, 3.63) is 0 Å². The Morgan fingerprint density at radius 2 is 2.33 bits per heavy atom. The maximum Gasteiger partial charge on any atom is 0.239 e. The van der Waals surface area contributed by atoms with Crippen LogP contribution in [0.4, 0.5) is 0 Å². The summed E-state index contributed by atoms with van der Waals surface area (Å²) in [5, 5.41) is 11.2. The van der Waals surface area contributed by atoms with E-state index in [1.807, 2.05) is 0 Å². The van der Waals surface area contributed by atoms with Crippen molar-refractivity contribution in [2.45, 2.75) is 12.1 Å². The number of carbonyl (C=O) groups is 1. The van der Waals surface area contributed by atoms with Crippen molar-refractivity contribution in [1.29, 1.82) is 0 Å². The summed E-state index contributed by atoms with van der Waals surface area (Å²) in [5.41, 5.74) is 5.16. The number of amides is 1. The minimum atomic E-state index is -0.713. The van der Waals surface area contributed by atoms with Crippen LogP contribution in [0.1, 0.15) is 0 Å². The lowest BCUT2D eigenvalue weighted by atomic mass is 10.2. The Hall–Kier alpha value is -0.320. The fraction of sp³-hybridized carbons (Fsp3) is 0.750. The van der Waals surface area contributed by atoms with Crippen LogP contribution in [0.5, 0.6) is 0 Å². The number of rotatable bonds is 0. The van der Waals surface area contributed by atoms with E-state index in [9.17, 15) is 4.79 Å². The van der Waals surface area contributed by atoms with Crippen molar-refractivity contribution >= 4 is 18.3 Å². The normalized spacial score (nSPS) is 33.3. The van der Waals surface area contributed by atoms with Crippen LogP contribution in [0.15, 0.2) is 0 Å². The molecule has 0 radical (unpaired) electrons. The first-order valence-corrected chi connectivity index (χ1v) is 2.43. The van der Waals surface area contributed by atoms with Gasteiger partial charge >= 0.3 is 0 Å². The standard InChI is InChI=1S/C4H8N2O2.ClH/c5-3-2(7)1-6-4(3)8;/h2-3,7H,1,5H2,(H,6,8);1H/t2-,3+;/m0./s1. The number of aliphatic hydroxyl groups is 1. The van der Waals surface area contributed by atoms with Crippen molar-refractivity contribution in [3.63, 3.8) is 0 Å². The lowest BCUT2D eigenvalue weighted by Gasteiger charge is -2.00. The van der Waals surface area contributed by atoms with Crippen LogP contribution in [0.2, 0.25) is 0 Å². The van der Waals surface area contributed by atoms with E-state index in [2.05, 4.69) is 5.32 Å². The number of nitrogens with two attached hydrogens (primary N) is 1. The topological polar surface area (TPSA) is 75.4 Å². The lowest BCUT2D eigenvalue weighted by molar-refractivity contribution is -0.120. The molecule has 0 spiro atoms. The summed E-state index contributed by atoms with van der Waals surface area (Å²) in [4.78, 5) is 10.4. The third kappa shape index (κ3) is 1.54. The first-order chi connectivity index (χ1) is 3.72. The molecule has 0 bridgehead atoms. The molecule has 0 aromatic carbocycles. The molecule has 5 heteroatoms. The molecule has 1 amide bonds. The predicted molar refractivity (Wildman–Crippen MR) is 34.2 cm³/mol. The van der Waals surface area contributed by atoms with Crippen molar-refractivity contribution in [1.82, 2.24) is 5.32 Å². The highest BCUT2D eigenvalue weighted by molar-refractivity contribution is 5.85. The molecule has 0 aliphatic carbocycles. The van der Waals surface area contributed by atoms with E-state index in [0.717, 1.165) is 0 Å². The Morgan fingerprint density at radius 3 is 2.44 bits per heavy atom. The molecule has 4 N–H and O–H groups in total. The fourth-order valence-corrected chi connectivity index (χ4v) is 0.625. The highest BCUT2D eigenvalue weighted by Gasteiger charge is 2.28. The third-order valence-corrected chi connectivity index (χ3v) is 1.20. The van der Waals surface area contributed by atoms with Crippen molar-refractivity contribution in [3.8, 4) is 0 Å². The first kappa shape index (κ1) is 8.68. The van der Waals surface area contributed by atoms with E-state index in [1.165, 1.54) is 0 Å². The van der Waals surface area contributed by atoms with Crippen molar-refractivity contribution in [2.75, 3.05) is 6.54 Å². The second-order valence-electron chi connectivity index (χ2n) is 1.84. The van der Waals surface area contributed by atoms with Gasteiger partial charge in [0, 0.05) is 6.54 Å². The van der Waals surface area contributed by atoms with E-state index in [0.29, 0.717) is 6.54 Å². The minimum absolute atomic E-state index is 0.